The molecule has 18 nitrogen and oxygen atoms in total. The average molecular weight is 884 g/mol. The highest BCUT2D eigenvalue weighted by Crippen LogP contribution is 2.24. The number of hydrogen-bond donors (Lipinski definition) is 7. The van der Waals surface area contributed by atoms with Crippen LogP contribution in [0.1, 0.15) is 94.1 Å². The van der Waals surface area contributed by atoms with Gasteiger partial charge in [-0.05, 0) is 66.5 Å². The number of benzene rings is 2. The summed E-state index contributed by atoms with van der Waals surface area (Å²) in [7, 11) is 0. The maximum absolute atomic E-state index is 14.1. The number of carbonyl (C=O) groups is 8. The number of guanidine groups is 1. The van der Waals surface area contributed by atoms with Crippen molar-refractivity contribution >= 4 is 63.9 Å². The van der Waals surface area contributed by atoms with Gasteiger partial charge in [-0.25, -0.2) is 0 Å². The molecular weight excluding hydrogens is 823 g/mol. The topological polar surface area (TPSA) is 299 Å². The fourth-order valence-corrected chi connectivity index (χ4v) is 7.72. The zero-order valence-electron chi connectivity index (χ0n) is 36.9. The molecule has 1 saturated heterocycles. The standard InChI is InChI=1S/C46H61N9O9/c1-5-26(3)40(42(47)61)54-43(62)32(10-8-19-51-46(48)49)24-37(57)35(25-39(59)60)53-44(63)41(27(4)6-2)55-20-17-34(45(55)64)52-38(58)22-29-13-11-28(12-14-29)21-36(56)31-15-16-33-30(23-31)9-7-18-50-33/h7,9,11-16,18,23,26-27,32,34-35,40-41H,5-6,8,10,17,19-22,24-25H2,1-4H3,(H2,47,61)(H,52,58)(H,53,63)(H,54,62)(H,59,60)(H4,48,49,51)/t26?,27-,32-,34?,35-,40?,41-/m0/s1. The number of hydrogen-bond acceptors (Lipinski definition) is 10. The number of carboxylic acids is 1. The Morgan fingerprint density at radius 1 is 0.875 bits per heavy atom. The van der Waals surface area contributed by atoms with E-state index in [9.17, 15) is 43.5 Å². The van der Waals surface area contributed by atoms with Crippen LogP contribution in [0, 0.1) is 17.8 Å². The number of nitrogens with two attached hydrogens (primary N) is 3. The van der Waals surface area contributed by atoms with Gasteiger partial charge in [-0.3, -0.25) is 48.3 Å². The lowest BCUT2D eigenvalue weighted by Gasteiger charge is -2.33. The van der Waals surface area contributed by atoms with Crippen molar-refractivity contribution in [2.45, 2.75) is 110 Å². The van der Waals surface area contributed by atoms with Gasteiger partial charge >= 0.3 is 5.97 Å². The van der Waals surface area contributed by atoms with Crippen LogP contribution in [0.15, 0.2) is 65.8 Å². The Morgan fingerprint density at radius 3 is 2.17 bits per heavy atom. The molecular formula is C46H61N9O9. The molecule has 3 aromatic rings. The molecule has 1 aliphatic rings. The molecule has 4 rings (SSSR count). The van der Waals surface area contributed by atoms with E-state index in [2.05, 4.69) is 25.9 Å². The first kappa shape index (κ1) is 49.9. The van der Waals surface area contributed by atoms with Crippen LogP contribution in [0.2, 0.25) is 0 Å². The summed E-state index contributed by atoms with van der Waals surface area (Å²) in [6.45, 7) is 7.36. The summed E-state index contributed by atoms with van der Waals surface area (Å²) < 4.78 is 0. The van der Waals surface area contributed by atoms with Gasteiger partial charge in [0, 0.05) is 49.0 Å². The van der Waals surface area contributed by atoms with Gasteiger partial charge in [0.2, 0.25) is 29.5 Å². The second-order valence-electron chi connectivity index (χ2n) is 16.5. The number of nitrogens with one attached hydrogen (secondary N) is 3. The molecule has 2 aromatic carbocycles. The van der Waals surface area contributed by atoms with E-state index >= 15 is 0 Å². The van der Waals surface area contributed by atoms with E-state index in [1.807, 2.05) is 38.1 Å². The van der Waals surface area contributed by atoms with Crippen LogP contribution >= 0.6 is 0 Å². The van der Waals surface area contributed by atoms with Gasteiger partial charge in [-0.15, -0.1) is 0 Å². The smallest absolute Gasteiger partial charge is 0.305 e. The molecule has 0 radical (unpaired) electrons. The summed E-state index contributed by atoms with van der Waals surface area (Å²) in [5.74, 6) is -7.29. The molecule has 0 saturated carbocycles. The largest absolute Gasteiger partial charge is 0.481 e. The second kappa shape index (κ2) is 23.6. The van der Waals surface area contributed by atoms with Gasteiger partial charge in [-0.2, -0.15) is 0 Å². The van der Waals surface area contributed by atoms with E-state index in [0.29, 0.717) is 24.0 Å². The van der Waals surface area contributed by atoms with Crippen molar-refractivity contribution in [1.82, 2.24) is 25.8 Å². The number of likely N-dealkylation sites (tertiary alicyclic amines) is 1. The Balaban J connectivity index is 1.40. The van der Waals surface area contributed by atoms with Crippen LogP contribution in [-0.2, 0) is 46.4 Å². The van der Waals surface area contributed by atoms with E-state index in [1.54, 1.807) is 50.4 Å². The zero-order valence-corrected chi connectivity index (χ0v) is 36.9. The Bertz CT molecular complexity index is 2210. The number of ketones is 2. The van der Waals surface area contributed by atoms with Crippen LogP contribution in [0.3, 0.4) is 0 Å². The van der Waals surface area contributed by atoms with Crippen molar-refractivity contribution in [2.24, 2.45) is 39.9 Å². The number of pyridine rings is 1. The molecule has 10 N–H and O–H groups in total. The number of nitrogens with zero attached hydrogens (tertiary/aromatic N) is 3. The molecule has 0 spiro atoms. The predicted octanol–water partition coefficient (Wildman–Crippen LogP) is 1.94. The summed E-state index contributed by atoms with van der Waals surface area (Å²) in [6, 6.07) is 11.5. The SMILES string of the molecule is CCC(C)C(NC(=O)[C@@H](CCCN=C(N)N)CC(=O)[C@H](CC(=O)O)NC(=O)[C@H]([C@@H](C)CC)N1CCC(NC(=O)Cc2ccc(CC(=O)c3ccc4ncccc4c3)cc2)C1=O)C(N)=O. The monoisotopic (exact) mass is 883 g/mol. The first-order valence-corrected chi connectivity index (χ1v) is 21.7. The third-order valence-corrected chi connectivity index (χ3v) is 11.8. The molecule has 18 heteroatoms. The van der Waals surface area contributed by atoms with Crippen molar-refractivity contribution in [2.75, 3.05) is 13.1 Å². The molecule has 5 amide bonds. The lowest BCUT2D eigenvalue weighted by atomic mass is 9.90. The maximum Gasteiger partial charge on any atom is 0.305 e. The summed E-state index contributed by atoms with van der Waals surface area (Å²) in [4.78, 5) is 115. The summed E-state index contributed by atoms with van der Waals surface area (Å²) in [6.07, 6.45) is 2.01. The molecule has 1 fully saturated rings. The van der Waals surface area contributed by atoms with Crippen molar-refractivity contribution in [3.8, 4) is 0 Å². The highest BCUT2D eigenvalue weighted by Gasteiger charge is 2.43. The maximum atomic E-state index is 14.1. The minimum Gasteiger partial charge on any atom is -0.481 e. The molecule has 1 aromatic heterocycles. The minimum absolute atomic E-state index is 0.0436. The molecule has 344 valence electrons. The minimum atomic E-state index is -1.57. The number of carboxylic acid groups (broad SMARTS) is 1. The molecule has 0 aliphatic carbocycles. The molecule has 1 aliphatic heterocycles. The fraction of sp³-hybridized carbons (Fsp3) is 0.478. The number of Topliss-reactive ketones (excluding diaryl/α,β-unsaturated/α-hetero) is 2. The number of fused-ring (bicyclic) bond motifs is 1. The van der Waals surface area contributed by atoms with Gasteiger partial charge in [-0.1, -0.05) is 70.9 Å². The van der Waals surface area contributed by atoms with Crippen molar-refractivity contribution in [3.63, 3.8) is 0 Å². The van der Waals surface area contributed by atoms with E-state index in [4.69, 9.17) is 17.2 Å². The second-order valence-corrected chi connectivity index (χ2v) is 16.5. The van der Waals surface area contributed by atoms with E-state index in [0.717, 1.165) is 16.5 Å². The lowest BCUT2D eigenvalue weighted by Crippen LogP contribution is -2.56. The third-order valence-electron chi connectivity index (χ3n) is 11.8. The number of rotatable bonds is 25. The van der Waals surface area contributed by atoms with E-state index in [-0.39, 0.29) is 62.9 Å². The quantitative estimate of drug-likeness (QED) is 0.0278. The van der Waals surface area contributed by atoms with Gasteiger partial charge in [0.1, 0.15) is 18.1 Å². The van der Waals surface area contributed by atoms with Crippen LogP contribution in [-0.4, -0.2) is 105 Å². The molecule has 3 unspecified atom stereocenters. The summed E-state index contributed by atoms with van der Waals surface area (Å²) >= 11 is 0. The van der Waals surface area contributed by atoms with Gasteiger partial charge in [0.05, 0.1) is 24.4 Å². The molecule has 7 atom stereocenters. The van der Waals surface area contributed by atoms with Gasteiger partial charge in [0.25, 0.3) is 0 Å². The highest BCUT2D eigenvalue weighted by atomic mass is 16.4. The fourth-order valence-electron chi connectivity index (χ4n) is 7.72. The van der Waals surface area contributed by atoms with Crippen LogP contribution in [0.4, 0.5) is 0 Å². The Hall–Kier alpha value is -6.72. The third kappa shape index (κ3) is 14.2. The molecule has 64 heavy (non-hydrogen) atoms. The van der Waals surface area contributed by atoms with Crippen LogP contribution < -0.4 is 33.2 Å². The van der Waals surface area contributed by atoms with Crippen LogP contribution in [0.25, 0.3) is 10.9 Å². The first-order valence-electron chi connectivity index (χ1n) is 21.7. The molecule has 2 heterocycles. The van der Waals surface area contributed by atoms with Crippen molar-refractivity contribution < 1.29 is 43.5 Å². The number of carbonyl (C=O) groups excluding carboxylic acids is 7. The Kier molecular flexibility index (Phi) is 18.4. The van der Waals surface area contributed by atoms with Crippen molar-refractivity contribution in [3.05, 3.63) is 77.5 Å². The van der Waals surface area contributed by atoms with Crippen LogP contribution in [0.5, 0.6) is 0 Å². The zero-order chi connectivity index (χ0) is 47.1. The number of primary amides is 1. The predicted molar refractivity (Wildman–Crippen MR) is 239 cm³/mol. The Labute approximate surface area is 372 Å². The number of aliphatic carboxylic acids is 1. The summed E-state index contributed by atoms with van der Waals surface area (Å²) in [5, 5.41) is 18.6. The number of aliphatic imine (C=N–C) groups is 1. The number of aromatic nitrogens is 1. The van der Waals surface area contributed by atoms with Gasteiger partial charge < -0.3 is 43.2 Å². The van der Waals surface area contributed by atoms with Gasteiger partial charge in [0.15, 0.2) is 17.5 Å². The highest BCUT2D eigenvalue weighted by molar-refractivity contribution is 6.01. The van der Waals surface area contributed by atoms with Crippen molar-refractivity contribution in [1.29, 1.82) is 0 Å². The average Bonchev–Trinajstić information content (AvgIpc) is 3.60. The van der Waals surface area contributed by atoms with E-state index in [1.165, 1.54) is 4.90 Å². The number of amides is 5. The molecule has 0 bridgehead atoms. The summed E-state index contributed by atoms with van der Waals surface area (Å²) in [5.41, 5.74) is 19.2. The lowest BCUT2D eigenvalue weighted by molar-refractivity contribution is -0.144. The Morgan fingerprint density at radius 2 is 1.55 bits per heavy atom. The first-order chi connectivity index (χ1) is 30.4. The normalized spacial score (nSPS) is 16.4. The van der Waals surface area contributed by atoms with E-state index < -0.39 is 90.1 Å².